The molecule has 82 valence electrons. The predicted molar refractivity (Wildman–Crippen MR) is 59.4 cm³/mol. The minimum Gasteiger partial charge on any atom is -0.508 e. The molecule has 0 aliphatic rings. The Morgan fingerprint density at radius 3 is 2.27 bits per heavy atom. The first-order chi connectivity index (χ1) is 7.01. The molecule has 0 bridgehead atoms. The largest absolute Gasteiger partial charge is 0.508 e. The molecule has 1 atom stereocenters. The summed E-state index contributed by atoms with van der Waals surface area (Å²) in [5, 5.41) is 17.6. The van der Waals surface area contributed by atoms with Crippen LogP contribution in [0.2, 0.25) is 0 Å². The van der Waals surface area contributed by atoms with Crippen LogP contribution in [0.1, 0.15) is 6.42 Å². The van der Waals surface area contributed by atoms with Gasteiger partial charge in [-0.2, -0.15) is 0 Å². The minimum atomic E-state index is -1.07. The number of carbonyl (C=O) groups is 1. The van der Waals surface area contributed by atoms with Crippen molar-refractivity contribution in [3.05, 3.63) is 48.8 Å². The Labute approximate surface area is 88.7 Å². The number of aliphatic carboxylic acids is 1. The SMILES string of the molecule is C=C/C(=C\C=C(\O)C=C)CC(N)C(=O)O. The summed E-state index contributed by atoms with van der Waals surface area (Å²) >= 11 is 0. The first-order valence-electron chi connectivity index (χ1n) is 4.34. The van der Waals surface area contributed by atoms with Crippen molar-refractivity contribution in [2.45, 2.75) is 12.5 Å². The number of aliphatic hydroxyl groups is 1. The molecule has 0 fully saturated rings. The van der Waals surface area contributed by atoms with Gasteiger partial charge in [0.25, 0.3) is 0 Å². The zero-order valence-corrected chi connectivity index (χ0v) is 8.39. The minimum absolute atomic E-state index is 0.00162. The van der Waals surface area contributed by atoms with Crippen molar-refractivity contribution in [3.8, 4) is 0 Å². The van der Waals surface area contributed by atoms with Crippen molar-refractivity contribution < 1.29 is 15.0 Å². The zero-order valence-electron chi connectivity index (χ0n) is 8.39. The first kappa shape index (κ1) is 13.2. The van der Waals surface area contributed by atoms with E-state index in [9.17, 15) is 4.79 Å². The quantitative estimate of drug-likeness (QED) is 0.457. The van der Waals surface area contributed by atoms with E-state index in [-0.39, 0.29) is 12.2 Å². The van der Waals surface area contributed by atoms with E-state index in [2.05, 4.69) is 13.2 Å². The van der Waals surface area contributed by atoms with Crippen molar-refractivity contribution in [2.24, 2.45) is 5.73 Å². The van der Waals surface area contributed by atoms with Gasteiger partial charge in [0.2, 0.25) is 0 Å². The maximum Gasteiger partial charge on any atom is 0.320 e. The molecule has 0 aliphatic carbocycles. The number of allylic oxidation sites excluding steroid dienone is 4. The number of carboxylic acids is 1. The predicted octanol–water partition coefficient (Wildman–Crippen LogP) is 1.53. The van der Waals surface area contributed by atoms with Gasteiger partial charge in [-0.15, -0.1) is 0 Å². The van der Waals surface area contributed by atoms with Crippen LogP contribution in [0.25, 0.3) is 0 Å². The third kappa shape index (κ3) is 5.49. The fraction of sp³-hybridized carbons (Fsp3) is 0.182. The molecule has 0 aliphatic heterocycles. The number of hydrogen-bond acceptors (Lipinski definition) is 3. The second kappa shape index (κ2) is 6.62. The molecule has 4 heteroatoms. The van der Waals surface area contributed by atoms with Gasteiger partial charge in [-0.1, -0.05) is 25.3 Å². The molecule has 0 saturated heterocycles. The lowest BCUT2D eigenvalue weighted by Crippen LogP contribution is -2.30. The van der Waals surface area contributed by atoms with E-state index < -0.39 is 12.0 Å². The molecule has 0 aromatic heterocycles. The fourth-order valence-electron chi connectivity index (χ4n) is 0.821. The van der Waals surface area contributed by atoms with E-state index in [0.29, 0.717) is 5.57 Å². The summed E-state index contributed by atoms with van der Waals surface area (Å²) in [7, 11) is 0. The van der Waals surface area contributed by atoms with Gasteiger partial charge in [0.05, 0.1) is 0 Å². The van der Waals surface area contributed by atoms with Crippen LogP contribution in [0.15, 0.2) is 48.8 Å². The van der Waals surface area contributed by atoms with Crippen LogP contribution in [0, 0.1) is 0 Å². The molecule has 0 rings (SSSR count). The van der Waals surface area contributed by atoms with Gasteiger partial charge in [0.15, 0.2) is 0 Å². The molecule has 4 nitrogen and oxygen atoms in total. The monoisotopic (exact) mass is 209 g/mol. The zero-order chi connectivity index (χ0) is 11.8. The van der Waals surface area contributed by atoms with Gasteiger partial charge in [0, 0.05) is 0 Å². The van der Waals surface area contributed by atoms with Crippen molar-refractivity contribution in [1.82, 2.24) is 0 Å². The van der Waals surface area contributed by atoms with E-state index in [0.717, 1.165) is 0 Å². The lowest BCUT2D eigenvalue weighted by molar-refractivity contribution is -0.138. The van der Waals surface area contributed by atoms with Gasteiger partial charge in [-0.25, -0.2) is 0 Å². The van der Waals surface area contributed by atoms with Crippen LogP contribution in [-0.4, -0.2) is 22.2 Å². The van der Waals surface area contributed by atoms with Crippen molar-refractivity contribution >= 4 is 5.97 Å². The Morgan fingerprint density at radius 2 is 1.87 bits per heavy atom. The fourth-order valence-corrected chi connectivity index (χ4v) is 0.821. The Hall–Kier alpha value is -1.81. The van der Waals surface area contributed by atoms with Gasteiger partial charge in [-0.05, 0) is 24.1 Å². The maximum absolute atomic E-state index is 10.5. The topological polar surface area (TPSA) is 83.5 Å². The van der Waals surface area contributed by atoms with Gasteiger partial charge in [0.1, 0.15) is 11.8 Å². The van der Waals surface area contributed by atoms with E-state index >= 15 is 0 Å². The Bertz CT molecular complexity index is 316. The summed E-state index contributed by atoms with van der Waals surface area (Å²) in [4.78, 5) is 10.5. The third-order valence-electron chi connectivity index (χ3n) is 1.71. The number of hydrogen-bond donors (Lipinski definition) is 3. The number of carboxylic acid groups (broad SMARTS) is 1. The first-order valence-corrected chi connectivity index (χ1v) is 4.34. The molecular weight excluding hydrogens is 194 g/mol. The van der Waals surface area contributed by atoms with E-state index in [1.165, 1.54) is 18.2 Å². The summed E-state index contributed by atoms with van der Waals surface area (Å²) in [6.45, 7) is 6.89. The second-order valence-corrected chi connectivity index (χ2v) is 2.89. The summed E-state index contributed by atoms with van der Waals surface area (Å²) in [6.07, 6.45) is 5.88. The van der Waals surface area contributed by atoms with Gasteiger partial charge >= 0.3 is 5.97 Å². The molecule has 0 aromatic carbocycles. The summed E-state index contributed by atoms with van der Waals surface area (Å²) < 4.78 is 0. The van der Waals surface area contributed by atoms with E-state index in [4.69, 9.17) is 15.9 Å². The van der Waals surface area contributed by atoms with Crippen LogP contribution < -0.4 is 5.73 Å². The normalized spacial score (nSPS) is 14.5. The highest BCUT2D eigenvalue weighted by Crippen LogP contribution is 2.06. The van der Waals surface area contributed by atoms with E-state index in [1.807, 2.05) is 0 Å². The summed E-state index contributed by atoms with van der Waals surface area (Å²) in [5.41, 5.74) is 5.98. The molecule has 1 unspecified atom stereocenters. The molecule has 0 spiro atoms. The highest BCUT2D eigenvalue weighted by atomic mass is 16.4. The lowest BCUT2D eigenvalue weighted by atomic mass is 10.1. The van der Waals surface area contributed by atoms with Crippen LogP contribution in [0.3, 0.4) is 0 Å². The average molecular weight is 209 g/mol. The number of nitrogens with two attached hydrogens (primary N) is 1. The Kier molecular flexibility index (Phi) is 5.82. The van der Waals surface area contributed by atoms with Crippen LogP contribution >= 0.6 is 0 Å². The van der Waals surface area contributed by atoms with Crippen molar-refractivity contribution in [3.63, 3.8) is 0 Å². The lowest BCUT2D eigenvalue weighted by Gasteiger charge is -2.05. The molecule has 0 radical (unpaired) electrons. The van der Waals surface area contributed by atoms with Gasteiger partial charge in [-0.3, -0.25) is 4.79 Å². The van der Waals surface area contributed by atoms with Crippen LogP contribution in [0.5, 0.6) is 0 Å². The molecular formula is C11H15NO3. The summed E-state index contributed by atoms with van der Waals surface area (Å²) in [6, 6.07) is -0.964. The maximum atomic E-state index is 10.5. The third-order valence-corrected chi connectivity index (χ3v) is 1.71. The Balaban J connectivity index is 4.56. The molecule has 0 amide bonds. The van der Waals surface area contributed by atoms with Crippen molar-refractivity contribution in [2.75, 3.05) is 0 Å². The molecule has 0 heterocycles. The smallest absolute Gasteiger partial charge is 0.320 e. The molecule has 15 heavy (non-hydrogen) atoms. The van der Waals surface area contributed by atoms with Crippen LogP contribution in [-0.2, 0) is 4.79 Å². The van der Waals surface area contributed by atoms with E-state index in [1.54, 1.807) is 6.08 Å². The number of rotatable bonds is 6. The standard InChI is InChI=1S/C11H15NO3/c1-3-8(5-6-9(13)4-2)7-10(12)11(14)15/h3-6,10,13H,1-2,7,12H2,(H,14,15)/b8-5+,9-6+. The van der Waals surface area contributed by atoms with Crippen LogP contribution in [0.4, 0.5) is 0 Å². The second-order valence-electron chi connectivity index (χ2n) is 2.89. The molecule has 4 N–H and O–H groups in total. The highest BCUT2D eigenvalue weighted by molar-refractivity contribution is 5.73. The highest BCUT2D eigenvalue weighted by Gasteiger charge is 2.11. The molecule has 0 saturated carbocycles. The molecule has 0 aromatic rings. The summed E-state index contributed by atoms with van der Waals surface area (Å²) in [5.74, 6) is -1.07. The number of aliphatic hydroxyl groups excluding tert-OH is 1. The van der Waals surface area contributed by atoms with Crippen molar-refractivity contribution in [1.29, 1.82) is 0 Å². The Morgan fingerprint density at radius 1 is 1.27 bits per heavy atom. The average Bonchev–Trinajstić information content (AvgIpc) is 2.22. The van der Waals surface area contributed by atoms with Gasteiger partial charge < -0.3 is 15.9 Å².